The Kier molecular flexibility index (Phi) is 14.5. The zero-order valence-corrected chi connectivity index (χ0v) is 32.3. The van der Waals surface area contributed by atoms with Crippen molar-refractivity contribution < 1.29 is 64.0 Å². The van der Waals surface area contributed by atoms with Gasteiger partial charge in [0.2, 0.25) is 6.29 Å². The summed E-state index contributed by atoms with van der Waals surface area (Å²) in [6.07, 6.45) is -6.86. The number of cyclic esters (lactones) is 1. The van der Waals surface area contributed by atoms with Crippen LogP contribution in [0, 0.1) is 23.7 Å². The lowest BCUT2D eigenvalue weighted by atomic mass is 9.73. The van der Waals surface area contributed by atoms with Gasteiger partial charge in [0.1, 0.15) is 23.9 Å². The highest BCUT2D eigenvalue weighted by Gasteiger charge is 2.53. The first-order valence-corrected chi connectivity index (χ1v) is 18.0. The van der Waals surface area contributed by atoms with Crippen LogP contribution in [0.15, 0.2) is 17.5 Å². The Hall–Kier alpha value is -1.92. The van der Waals surface area contributed by atoms with E-state index < -0.39 is 108 Å². The highest BCUT2D eigenvalue weighted by molar-refractivity contribution is 5.88. The molecule has 3 aliphatic heterocycles. The van der Waals surface area contributed by atoms with E-state index in [-0.39, 0.29) is 25.0 Å². The molecule has 0 aliphatic carbocycles. The lowest BCUT2D eigenvalue weighted by molar-refractivity contribution is -0.307. The number of rotatable bonds is 7. The number of hydrogen-bond acceptors (Lipinski definition) is 15. The highest BCUT2D eigenvalue weighted by Crippen LogP contribution is 2.40. The van der Waals surface area contributed by atoms with Crippen LogP contribution in [-0.4, -0.2) is 147 Å². The third kappa shape index (κ3) is 9.25. The number of aliphatic hydroxyl groups is 5. The average molecular weight is 733 g/mol. The Morgan fingerprint density at radius 1 is 0.980 bits per heavy atom. The lowest BCUT2D eigenvalue weighted by Crippen LogP contribution is -2.60. The fraction of sp³-hybridized carbons (Fsp3) is 0.889. The van der Waals surface area contributed by atoms with Gasteiger partial charge in [0.15, 0.2) is 6.29 Å². The molecule has 17 atom stereocenters. The van der Waals surface area contributed by atoms with E-state index in [1.54, 1.807) is 73.5 Å². The molecule has 0 spiro atoms. The first-order chi connectivity index (χ1) is 23.6. The summed E-state index contributed by atoms with van der Waals surface area (Å²) >= 11 is 0. The molecule has 0 aromatic heterocycles. The summed E-state index contributed by atoms with van der Waals surface area (Å²) in [5.74, 6) is -4.29. The number of carbonyl (C=O) groups excluding carboxylic acids is 1. The Morgan fingerprint density at radius 2 is 1.61 bits per heavy atom. The quantitative estimate of drug-likeness (QED) is 0.125. The number of oxime groups is 1. The van der Waals surface area contributed by atoms with Gasteiger partial charge in [-0.1, -0.05) is 32.9 Å². The molecule has 0 amide bonds. The van der Waals surface area contributed by atoms with Gasteiger partial charge in [0.25, 0.3) is 0 Å². The third-order valence-corrected chi connectivity index (χ3v) is 11.4. The van der Waals surface area contributed by atoms with Crippen LogP contribution in [-0.2, 0) is 33.2 Å². The molecular formula is C36H64N2O13. The second kappa shape index (κ2) is 17.0. The van der Waals surface area contributed by atoms with Gasteiger partial charge >= 0.3 is 5.97 Å². The Labute approximate surface area is 302 Å². The predicted molar refractivity (Wildman–Crippen MR) is 186 cm³/mol. The third-order valence-electron chi connectivity index (χ3n) is 11.4. The predicted octanol–water partition coefficient (Wildman–Crippen LogP) is 1.78. The summed E-state index contributed by atoms with van der Waals surface area (Å²) in [5, 5.41) is 71.4. The standard InChI is InChI=1S/C36H64N2O13/c1-13-24-36(9,44)29(40)19(3)26(37-45)18(2)16-34(7,43)31(51-33-27(39)23(38(10)11)14-15-47-33)20(4)28(21(5)32(42)49-24)50-25-17-35(8,46-12)30(41)22(6)48-25/h14-15,18-25,27-31,33,39-41,43-45H,13,16-17H2,1-12H3/b37-26+/t18?,19?,20?,21?,22?,23?,24-,25?,27?,28+,29?,30?,31-,33?,34-,35?,36-/m1/s1. The van der Waals surface area contributed by atoms with Crippen molar-refractivity contribution in [3.8, 4) is 0 Å². The molecule has 2 saturated heterocycles. The summed E-state index contributed by atoms with van der Waals surface area (Å²) in [6, 6.07) is -0.480. The Balaban J connectivity index is 2.20. The first-order valence-electron chi connectivity index (χ1n) is 18.0. The van der Waals surface area contributed by atoms with Crippen LogP contribution in [0.5, 0.6) is 0 Å². The zero-order valence-electron chi connectivity index (χ0n) is 32.3. The Bertz CT molecular complexity index is 1210. The number of likely N-dealkylation sites (N-methyl/N-ethyl adjacent to an activating group) is 1. The summed E-state index contributed by atoms with van der Waals surface area (Å²) in [6.45, 7) is 14.6. The van der Waals surface area contributed by atoms with Crippen molar-refractivity contribution in [3.05, 3.63) is 12.3 Å². The van der Waals surface area contributed by atoms with Crippen molar-refractivity contribution in [3.63, 3.8) is 0 Å². The molecule has 0 aromatic carbocycles. The molecule has 0 radical (unpaired) electrons. The van der Waals surface area contributed by atoms with Crippen LogP contribution in [0.1, 0.15) is 81.6 Å². The molecule has 0 aromatic rings. The molecular weight excluding hydrogens is 668 g/mol. The van der Waals surface area contributed by atoms with Crippen LogP contribution in [0.4, 0.5) is 0 Å². The zero-order chi connectivity index (χ0) is 38.8. The number of nitrogens with zero attached hydrogens (tertiary/aromatic N) is 2. The molecule has 3 heterocycles. The molecule has 12 unspecified atom stereocenters. The number of aliphatic hydroxyl groups excluding tert-OH is 3. The second-order valence-corrected chi connectivity index (χ2v) is 15.8. The number of esters is 1. The van der Waals surface area contributed by atoms with Gasteiger partial charge in [0, 0.05) is 31.3 Å². The fourth-order valence-corrected chi connectivity index (χ4v) is 8.10. The van der Waals surface area contributed by atoms with Crippen molar-refractivity contribution in [1.29, 1.82) is 0 Å². The fourth-order valence-electron chi connectivity index (χ4n) is 8.10. The minimum absolute atomic E-state index is 0.0793. The number of ether oxygens (including phenoxy) is 6. The van der Waals surface area contributed by atoms with E-state index in [0.717, 1.165) is 0 Å². The largest absolute Gasteiger partial charge is 0.470 e. The maximum atomic E-state index is 14.1. The normalized spacial score (nSPS) is 48.6. The van der Waals surface area contributed by atoms with E-state index in [2.05, 4.69) is 5.16 Å². The van der Waals surface area contributed by atoms with E-state index in [0.29, 0.717) is 0 Å². The molecule has 0 saturated carbocycles. The molecule has 0 bridgehead atoms. The van der Waals surface area contributed by atoms with Gasteiger partial charge < -0.3 is 64.1 Å². The molecule has 296 valence electrons. The van der Waals surface area contributed by atoms with Gasteiger partial charge in [0.05, 0.1) is 59.6 Å². The van der Waals surface area contributed by atoms with E-state index >= 15 is 0 Å². The van der Waals surface area contributed by atoms with Crippen LogP contribution in [0.3, 0.4) is 0 Å². The van der Waals surface area contributed by atoms with Gasteiger partial charge in [-0.25, -0.2) is 0 Å². The van der Waals surface area contributed by atoms with Crippen molar-refractivity contribution in [2.75, 3.05) is 21.2 Å². The summed E-state index contributed by atoms with van der Waals surface area (Å²) < 4.78 is 36.6. The lowest BCUT2D eigenvalue weighted by Gasteiger charge is -2.48. The summed E-state index contributed by atoms with van der Waals surface area (Å²) in [4.78, 5) is 15.9. The van der Waals surface area contributed by atoms with Gasteiger partial charge in [-0.2, -0.15) is 0 Å². The molecule has 2 fully saturated rings. The van der Waals surface area contributed by atoms with E-state index in [4.69, 9.17) is 28.4 Å². The molecule has 15 heteroatoms. The first kappa shape index (κ1) is 43.5. The average Bonchev–Trinajstić information content (AvgIpc) is 3.06. The monoisotopic (exact) mass is 732 g/mol. The maximum absolute atomic E-state index is 14.1. The molecule has 6 N–H and O–H groups in total. The number of hydrogen-bond donors (Lipinski definition) is 6. The topological polar surface area (TPSA) is 209 Å². The smallest absolute Gasteiger partial charge is 0.311 e. The molecule has 15 nitrogen and oxygen atoms in total. The van der Waals surface area contributed by atoms with Crippen molar-refractivity contribution >= 4 is 11.7 Å². The van der Waals surface area contributed by atoms with Crippen molar-refractivity contribution in [1.82, 2.24) is 4.90 Å². The van der Waals surface area contributed by atoms with E-state index in [1.807, 2.05) is 0 Å². The summed E-state index contributed by atoms with van der Waals surface area (Å²) in [5.41, 5.74) is -4.71. The summed E-state index contributed by atoms with van der Waals surface area (Å²) in [7, 11) is 5.06. The molecule has 3 rings (SSSR count). The minimum atomic E-state index is -1.97. The van der Waals surface area contributed by atoms with Crippen molar-refractivity contribution in [2.24, 2.45) is 28.8 Å². The molecule has 51 heavy (non-hydrogen) atoms. The van der Waals surface area contributed by atoms with E-state index in [9.17, 15) is 35.5 Å². The SMILES string of the molecule is CC[C@H]1OC(=O)C(C)[C@@H](OC2CC(C)(OC)C(O)C(C)O2)C(C)[C@@H](OC2OC=CC(N(C)C)C2O)[C@](C)(O)CC(C)/C(=N\O)C(C)C(O)[C@]1(C)O. The second-order valence-electron chi connectivity index (χ2n) is 15.8. The van der Waals surface area contributed by atoms with Gasteiger partial charge in [-0.05, 0) is 67.6 Å². The highest BCUT2D eigenvalue weighted by atomic mass is 16.7. The van der Waals surface area contributed by atoms with E-state index in [1.165, 1.54) is 27.2 Å². The number of methoxy groups -OCH3 is 1. The number of carbonyl (C=O) groups is 1. The van der Waals surface area contributed by atoms with Crippen LogP contribution in [0.2, 0.25) is 0 Å². The Morgan fingerprint density at radius 3 is 2.16 bits per heavy atom. The van der Waals surface area contributed by atoms with Crippen LogP contribution in [0.25, 0.3) is 0 Å². The van der Waals surface area contributed by atoms with Crippen LogP contribution >= 0.6 is 0 Å². The molecule has 3 aliphatic rings. The van der Waals surface area contributed by atoms with Gasteiger partial charge in [-0.3, -0.25) is 4.79 Å². The van der Waals surface area contributed by atoms with Crippen molar-refractivity contribution in [2.45, 2.75) is 160 Å². The van der Waals surface area contributed by atoms with Gasteiger partial charge in [-0.15, -0.1) is 0 Å². The van der Waals surface area contributed by atoms with Crippen LogP contribution < -0.4 is 0 Å². The maximum Gasteiger partial charge on any atom is 0.311 e. The minimum Gasteiger partial charge on any atom is -0.470 e.